The summed E-state index contributed by atoms with van der Waals surface area (Å²) in [6.07, 6.45) is 5.70. The lowest BCUT2D eigenvalue weighted by molar-refractivity contribution is 0.357. The molecule has 0 atom stereocenters. The summed E-state index contributed by atoms with van der Waals surface area (Å²) in [6.45, 7) is 0.679. The molecule has 2 aliphatic rings. The molecule has 0 spiro atoms. The topological polar surface area (TPSA) is 38.7 Å². The van der Waals surface area contributed by atoms with Gasteiger partial charge in [-0.3, -0.25) is 0 Å². The first kappa shape index (κ1) is 10.1. The Morgan fingerprint density at radius 2 is 2.00 bits per heavy atom. The second-order valence-electron chi connectivity index (χ2n) is 4.08. The highest BCUT2D eigenvalue weighted by atomic mass is 79.9. The number of ether oxygens (including phenoxy) is 1. The molecule has 0 aromatic heterocycles. The number of benzene rings is 1. The minimum atomic E-state index is 0.679. The van der Waals surface area contributed by atoms with Crippen LogP contribution >= 0.6 is 15.9 Å². The lowest BCUT2D eigenvalue weighted by Gasteiger charge is -2.11. The van der Waals surface area contributed by atoms with Gasteiger partial charge in [0, 0.05) is 16.5 Å². The van der Waals surface area contributed by atoms with Crippen molar-refractivity contribution >= 4 is 27.7 Å². The van der Waals surface area contributed by atoms with Crippen LogP contribution in [-0.2, 0) is 24.1 Å². The fourth-order valence-corrected chi connectivity index (χ4v) is 3.42. The summed E-state index contributed by atoms with van der Waals surface area (Å²) in [5.41, 5.74) is 4.35. The first-order chi connectivity index (χ1) is 7.83. The molecule has 0 saturated heterocycles. The number of halogens is 1. The van der Waals surface area contributed by atoms with Gasteiger partial charge in [-0.15, -0.1) is 0 Å². The van der Waals surface area contributed by atoms with Crippen molar-refractivity contribution in [3.05, 3.63) is 21.2 Å². The van der Waals surface area contributed by atoms with Crippen LogP contribution < -0.4 is 4.74 Å². The lowest BCUT2D eigenvalue weighted by atomic mass is 10.0. The van der Waals surface area contributed by atoms with Crippen LogP contribution in [0.2, 0.25) is 0 Å². The Balaban J connectivity index is 2.35. The number of fused-ring (bicyclic) bond motifs is 2. The predicted octanol–water partition coefficient (Wildman–Crippen LogP) is 2.84. The van der Waals surface area contributed by atoms with Gasteiger partial charge in [0.2, 0.25) is 6.08 Å². The van der Waals surface area contributed by atoms with Gasteiger partial charge in [0.1, 0.15) is 5.69 Å². The SMILES string of the molecule is O=C=Nc1c2c(c(Br)c3c1OCC3)CCC2. The van der Waals surface area contributed by atoms with Crippen LogP contribution in [0.25, 0.3) is 0 Å². The van der Waals surface area contributed by atoms with Gasteiger partial charge in [-0.25, -0.2) is 4.79 Å². The molecule has 4 heteroatoms. The van der Waals surface area contributed by atoms with Crippen LogP contribution in [0, 0.1) is 0 Å². The van der Waals surface area contributed by atoms with Crippen LogP contribution in [-0.4, -0.2) is 12.7 Å². The number of hydrogen-bond donors (Lipinski definition) is 0. The van der Waals surface area contributed by atoms with E-state index in [1.807, 2.05) is 0 Å². The molecule has 0 fully saturated rings. The Morgan fingerprint density at radius 3 is 2.81 bits per heavy atom. The second-order valence-corrected chi connectivity index (χ2v) is 4.88. The van der Waals surface area contributed by atoms with E-state index in [1.165, 1.54) is 5.56 Å². The van der Waals surface area contributed by atoms with E-state index >= 15 is 0 Å². The predicted molar refractivity (Wildman–Crippen MR) is 63.1 cm³/mol. The number of hydrogen-bond acceptors (Lipinski definition) is 3. The van der Waals surface area contributed by atoms with E-state index in [1.54, 1.807) is 6.08 Å². The molecular formula is C12H10BrNO2. The summed E-state index contributed by atoms with van der Waals surface area (Å²) >= 11 is 3.65. The highest BCUT2D eigenvalue weighted by molar-refractivity contribution is 9.10. The maximum atomic E-state index is 10.5. The fourth-order valence-electron chi connectivity index (χ4n) is 2.61. The molecular weight excluding hydrogens is 270 g/mol. The fraction of sp³-hybridized carbons (Fsp3) is 0.417. The third-order valence-corrected chi connectivity index (χ3v) is 4.24. The second kappa shape index (κ2) is 3.72. The van der Waals surface area contributed by atoms with Crippen molar-refractivity contribution in [3.63, 3.8) is 0 Å². The Bertz CT molecular complexity index is 483. The van der Waals surface area contributed by atoms with E-state index in [9.17, 15) is 4.79 Å². The minimum Gasteiger partial charge on any atom is -0.491 e. The molecule has 3 nitrogen and oxygen atoms in total. The number of aliphatic imine (C=N–C) groups is 1. The zero-order chi connectivity index (χ0) is 11.1. The van der Waals surface area contributed by atoms with Gasteiger partial charge in [0.15, 0.2) is 5.75 Å². The Hall–Kier alpha value is -1.12. The summed E-state index contributed by atoms with van der Waals surface area (Å²) in [4.78, 5) is 14.3. The summed E-state index contributed by atoms with van der Waals surface area (Å²) in [6, 6.07) is 0. The molecule has 0 saturated carbocycles. The summed E-state index contributed by atoms with van der Waals surface area (Å²) in [5, 5.41) is 0. The Morgan fingerprint density at radius 1 is 1.19 bits per heavy atom. The van der Waals surface area contributed by atoms with E-state index in [4.69, 9.17) is 4.74 Å². The van der Waals surface area contributed by atoms with Gasteiger partial charge in [0.25, 0.3) is 0 Å². The minimum absolute atomic E-state index is 0.679. The Labute approximate surface area is 102 Å². The maximum absolute atomic E-state index is 10.5. The average molecular weight is 280 g/mol. The summed E-state index contributed by atoms with van der Waals surface area (Å²) in [7, 11) is 0. The summed E-state index contributed by atoms with van der Waals surface area (Å²) < 4.78 is 6.75. The van der Waals surface area contributed by atoms with Crippen molar-refractivity contribution in [3.8, 4) is 5.75 Å². The van der Waals surface area contributed by atoms with E-state index in [-0.39, 0.29) is 0 Å². The third-order valence-electron chi connectivity index (χ3n) is 3.28. The van der Waals surface area contributed by atoms with E-state index in [0.717, 1.165) is 52.7 Å². The molecule has 82 valence electrons. The molecule has 16 heavy (non-hydrogen) atoms. The summed E-state index contributed by atoms with van der Waals surface area (Å²) in [5.74, 6) is 0.788. The largest absolute Gasteiger partial charge is 0.491 e. The van der Waals surface area contributed by atoms with Gasteiger partial charge >= 0.3 is 0 Å². The number of carbonyl (C=O) groups excluding carboxylic acids is 1. The Kier molecular flexibility index (Phi) is 2.34. The van der Waals surface area contributed by atoms with Crippen molar-refractivity contribution in [2.24, 2.45) is 4.99 Å². The van der Waals surface area contributed by atoms with Crippen molar-refractivity contribution in [2.45, 2.75) is 25.7 Å². The number of isocyanates is 1. The standard InChI is InChI=1S/C12H10BrNO2/c13-10-7-2-1-3-8(7)11(14-6-15)12-9(10)4-5-16-12/h1-5H2. The van der Waals surface area contributed by atoms with E-state index in [2.05, 4.69) is 20.9 Å². The number of rotatable bonds is 1. The van der Waals surface area contributed by atoms with Gasteiger partial charge in [-0.2, -0.15) is 4.99 Å². The molecule has 0 radical (unpaired) electrons. The first-order valence-corrected chi connectivity index (χ1v) is 6.19. The van der Waals surface area contributed by atoms with Crippen molar-refractivity contribution in [1.82, 2.24) is 0 Å². The highest BCUT2D eigenvalue weighted by Crippen LogP contribution is 2.48. The molecule has 0 amide bonds. The molecule has 1 aromatic carbocycles. The van der Waals surface area contributed by atoms with Gasteiger partial charge in [-0.05, 0) is 30.4 Å². The quantitative estimate of drug-likeness (QED) is 0.586. The highest BCUT2D eigenvalue weighted by Gasteiger charge is 2.29. The molecule has 0 unspecified atom stereocenters. The van der Waals surface area contributed by atoms with Crippen LogP contribution in [0.1, 0.15) is 23.1 Å². The zero-order valence-electron chi connectivity index (χ0n) is 8.68. The average Bonchev–Trinajstić information content (AvgIpc) is 2.92. The number of nitrogens with zero attached hydrogens (tertiary/aromatic N) is 1. The van der Waals surface area contributed by atoms with Crippen LogP contribution in [0.4, 0.5) is 5.69 Å². The molecule has 0 bridgehead atoms. The van der Waals surface area contributed by atoms with E-state index < -0.39 is 0 Å². The molecule has 1 aromatic rings. The van der Waals surface area contributed by atoms with Crippen molar-refractivity contribution in [2.75, 3.05) is 6.61 Å². The van der Waals surface area contributed by atoms with Crippen molar-refractivity contribution < 1.29 is 9.53 Å². The van der Waals surface area contributed by atoms with Gasteiger partial charge in [-0.1, -0.05) is 15.9 Å². The van der Waals surface area contributed by atoms with Crippen LogP contribution in [0.15, 0.2) is 9.47 Å². The van der Waals surface area contributed by atoms with E-state index in [0.29, 0.717) is 6.61 Å². The van der Waals surface area contributed by atoms with Crippen molar-refractivity contribution in [1.29, 1.82) is 0 Å². The molecule has 1 heterocycles. The van der Waals surface area contributed by atoms with Gasteiger partial charge in [0.05, 0.1) is 6.61 Å². The third kappa shape index (κ3) is 1.27. The van der Waals surface area contributed by atoms with Gasteiger partial charge < -0.3 is 4.74 Å². The molecule has 0 N–H and O–H groups in total. The molecule has 1 aliphatic heterocycles. The lowest BCUT2D eigenvalue weighted by Crippen LogP contribution is -1.91. The van der Waals surface area contributed by atoms with Crippen LogP contribution in [0.5, 0.6) is 5.75 Å². The smallest absolute Gasteiger partial charge is 0.240 e. The monoisotopic (exact) mass is 279 g/mol. The molecule has 3 rings (SSSR count). The normalized spacial score (nSPS) is 16.3. The first-order valence-electron chi connectivity index (χ1n) is 5.39. The zero-order valence-corrected chi connectivity index (χ0v) is 10.3. The maximum Gasteiger partial charge on any atom is 0.240 e. The van der Waals surface area contributed by atoms with Crippen LogP contribution in [0.3, 0.4) is 0 Å². The molecule has 1 aliphatic carbocycles.